The molecule has 4 aliphatic rings. The molecule has 1 unspecified atom stereocenters. The van der Waals surface area contributed by atoms with Gasteiger partial charge in [-0.25, -0.2) is 4.98 Å². The number of nitrogen functional groups attached to an aromatic ring is 1. The van der Waals surface area contributed by atoms with Crippen LogP contribution >= 0.6 is 0 Å². The van der Waals surface area contributed by atoms with Crippen LogP contribution in [0.1, 0.15) is 150 Å². The second kappa shape index (κ2) is 21.5. The van der Waals surface area contributed by atoms with Gasteiger partial charge in [-0.1, -0.05) is 44.9 Å². The number of hydrogen-bond acceptors (Lipinski definition) is 12. The Kier molecular flexibility index (Phi) is 15.8. The summed E-state index contributed by atoms with van der Waals surface area (Å²) in [4.78, 5) is 81.3. The Morgan fingerprint density at radius 2 is 1.62 bits per heavy atom. The van der Waals surface area contributed by atoms with Crippen LogP contribution in [0.5, 0.6) is 0 Å². The second-order valence-electron chi connectivity index (χ2n) is 20.2. The smallest absolute Gasteiger partial charge is 0.264 e. The minimum absolute atomic E-state index is 0.0363. The third-order valence-electron chi connectivity index (χ3n) is 13.9. The number of unbranched alkanes of at least 4 members (excludes halogenated alkanes) is 2. The molecule has 4 aliphatic heterocycles. The van der Waals surface area contributed by atoms with Gasteiger partial charge in [-0.15, -0.1) is 0 Å². The molecule has 4 N–H and O–H groups in total. The monoisotopic (exact) mass is 906 g/mol. The lowest BCUT2D eigenvalue weighted by atomic mass is 9.84. The molecular weight excluding hydrogens is 835 g/mol. The van der Waals surface area contributed by atoms with Crippen LogP contribution in [0.15, 0.2) is 48.5 Å². The molecule has 3 saturated heterocycles. The summed E-state index contributed by atoms with van der Waals surface area (Å²) in [6.07, 6.45) is 11.7. The highest BCUT2D eigenvalue weighted by Gasteiger charge is 2.46. The number of aryl methyl sites for hydroxylation is 1. The van der Waals surface area contributed by atoms with Crippen molar-refractivity contribution < 1.29 is 28.7 Å². The van der Waals surface area contributed by atoms with Gasteiger partial charge in [0, 0.05) is 75.7 Å². The molecule has 1 atom stereocenters. The van der Waals surface area contributed by atoms with E-state index in [1.807, 2.05) is 13.0 Å². The number of piperidine rings is 2. The fraction of sp³-hybridized carbons (Fsp3) is 0.588. The molecule has 5 amide bonds. The number of aromatic nitrogens is 2. The van der Waals surface area contributed by atoms with Crippen molar-refractivity contribution in [1.82, 2.24) is 25.1 Å². The molecule has 0 bridgehead atoms. The maximum atomic E-state index is 13.4. The van der Waals surface area contributed by atoms with E-state index in [0.717, 1.165) is 107 Å². The Labute approximate surface area is 390 Å². The lowest BCUT2D eigenvalue weighted by Crippen LogP contribution is -2.54. The highest BCUT2D eigenvalue weighted by molar-refractivity contribution is 6.26. The van der Waals surface area contributed by atoms with Crippen LogP contribution in [0.3, 0.4) is 0 Å². The Bertz CT molecular complexity index is 2210. The first-order chi connectivity index (χ1) is 31.6. The van der Waals surface area contributed by atoms with Crippen molar-refractivity contribution in [2.24, 2.45) is 5.41 Å². The number of nitrogens with zero attached hydrogens (tertiary/aromatic N) is 6. The normalized spacial score (nSPS) is 18.4. The van der Waals surface area contributed by atoms with Gasteiger partial charge in [0.15, 0.2) is 0 Å². The molecule has 15 heteroatoms. The quantitative estimate of drug-likeness (QED) is 0.0712. The first-order valence-corrected chi connectivity index (χ1v) is 24.3. The van der Waals surface area contributed by atoms with E-state index in [1.165, 1.54) is 30.2 Å². The van der Waals surface area contributed by atoms with Crippen LogP contribution in [0.2, 0.25) is 0 Å². The SMILES string of the molecule is Cc1cc(N2CCC(N(CCCCCC(C)(C)OCCC(C)(C)CCCC(=O)Nc3cccc4c3C(=O)N(C3CCC(=O)NC3=O)C4=O)Cc3cccc(N4CCCC4)c3)CC2)nc(N)n1. The lowest BCUT2D eigenvalue weighted by molar-refractivity contribution is -0.136. The van der Waals surface area contributed by atoms with Crippen molar-refractivity contribution in [3.05, 3.63) is 70.9 Å². The van der Waals surface area contributed by atoms with E-state index in [2.05, 4.69) is 87.3 Å². The number of benzene rings is 2. The standard InChI is InChI=1S/C51H71N9O6/c1-35-32-42(55-49(52)53-35)58-29-21-37(22-30-58)59(34-36-14-11-15-38(33-36)57-26-9-10-27-57)28-8-6-7-24-51(4,5)66-31-25-50(2,3)23-13-18-43(61)54-40-17-12-16-39-45(40)48(65)60(47(39)64)41-19-20-44(62)56-46(41)63/h11-12,14-17,32-33,37,41H,6-10,13,18-31,34H2,1-5H3,(H,54,61)(H2,52,53,55)(H,56,62,63). The summed E-state index contributed by atoms with van der Waals surface area (Å²) in [5.74, 6) is -1.36. The average Bonchev–Trinajstić information content (AvgIpc) is 3.90. The Hall–Kier alpha value is -5.41. The van der Waals surface area contributed by atoms with E-state index in [4.69, 9.17) is 10.5 Å². The van der Waals surface area contributed by atoms with E-state index in [1.54, 1.807) is 12.1 Å². The van der Waals surface area contributed by atoms with E-state index < -0.39 is 29.7 Å². The van der Waals surface area contributed by atoms with Crippen LogP contribution in [-0.4, -0.2) is 106 Å². The van der Waals surface area contributed by atoms with Gasteiger partial charge in [0.2, 0.25) is 23.7 Å². The molecule has 0 spiro atoms. The number of carbonyl (C=O) groups excluding carboxylic acids is 5. The van der Waals surface area contributed by atoms with Gasteiger partial charge in [0.1, 0.15) is 11.9 Å². The van der Waals surface area contributed by atoms with Crippen molar-refractivity contribution in [1.29, 1.82) is 0 Å². The van der Waals surface area contributed by atoms with Gasteiger partial charge in [0.05, 0.1) is 22.4 Å². The predicted molar refractivity (Wildman–Crippen MR) is 257 cm³/mol. The number of rotatable bonds is 21. The van der Waals surface area contributed by atoms with Gasteiger partial charge in [-0.05, 0) is 127 Å². The molecule has 15 nitrogen and oxygen atoms in total. The van der Waals surface area contributed by atoms with Gasteiger partial charge < -0.3 is 25.6 Å². The van der Waals surface area contributed by atoms with E-state index in [0.29, 0.717) is 25.0 Å². The van der Waals surface area contributed by atoms with Crippen LogP contribution in [0, 0.1) is 12.3 Å². The number of nitrogens with one attached hydrogen (secondary N) is 2. The van der Waals surface area contributed by atoms with Crippen LogP contribution in [-0.2, 0) is 25.7 Å². The molecule has 66 heavy (non-hydrogen) atoms. The first kappa shape index (κ1) is 48.5. The van der Waals surface area contributed by atoms with E-state index in [-0.39, 0.29) is 53.0 Å². The van der Waals surface area contributed by atoms with Gasteiger partial charge >= 0.3 is 0 Å². The molecule has 356 valence electrons. The number of carbonyl (C=O) groups is 5. The minimum Gasteiger partial charge on any atom is -0.376 e. The maximum absolute atomic E-state index is 13.4. The Balaban J connectivity index is 0.830. The number of nitrogens with two attached hydrogens (primary N) is 1. The van der Waals surface area contributed by atoms with Gasteiger partial charge in [0.25, 0.3) is 11.8 Å². The molecule has 0 saturated carbocycles. The molecule has 3 aromatic rings. The maximum Gasteiger partial charge on any atom is 0.264 e. The third kappa shape index (κ3) is 12.5. The molecule has 0 radical (unpaired) electrons. The zero-order chi connectivity index (χ0) is 47.0. The summed E-state index contributed by atoms with van der Waals surface area (Å²) in [6, 6.07) is 15.4. The second-order valence-corrected chi connectivity index (χ2v) is 20.2. The third-order valence-corrected chi connectivity index (χ3v) is 13.9. The number of amides is 5. The molecule has 5 heterocycles. The minimum atomic E-state index is -1.07. The molecule has 0 aliphatic carbocycles. The number of imide groups is 2. The largest absolute Gasteiger partial charge is 0.376 e. The van der Waals surface area contributed by atoms with Gasteiger partial charge in [-0.3, -0.25) is 39.1 Å². The summed E-state index contributed by atoms with van der Waals surface area (Å²) >= 11 is 0. The lowest BCUT2D eigenvalue weighted by Gasteiger charge is -2.39. The Morgan fingerprint density at radius 1 is 0.864 bits per heavy atom. The highest BCUT2D eigenvalue weighted by atomic mass is 16.5. The summed E-state index contributed by atoms with van der Waals surface area (Å²) in [6.45, 7) is 17.6. The number of ether oxygens (including phenoxy) is 1. The van der Waals surface area contributed by atoms with Crippen molar-refractivity contribution in [3.8, 4) is 0 Å². The number of hydrogen-bond donors (Lipinski definition) is 3. The predicted octanol–water partition coefficient (Wildman–Crippen LogP) is 7.42. The van der Waals surface area contributed by atoms with Crippen LogP contribution < -0.4 is 26.2 Å². The molecule has 7 rings (SSSR count). The fourth-order valence-electron chi connectivity index (χ4n) is 10.1. The van der Waals surface area contributed by atoms with Crippen molar-refractivity contribution in [2.45, 2.75) is 149 Å². The van der Waals surface area contributed by atoms with Crippen LogP contribution in [0.4, 0.5) is 23.1 Å². The van der Waals surface area contributed by atoms with E-state index >= 15 is 0 Å². The average molecular weight is 906 g/mol. The van der Waals surface area contributed by atoms with Crippen molar-refractivity contribution in [2.75, 3.05) is 60.2 Å². The summed E-state index contributed by atoms with van der Waals surface area (Å²) < 4.78 is 6.49. The zero-order valence-corrected chi connectivity index (χ0v) is 39.8. The summed E-state index contributed by atoms with van der Waals surface area (Å²) in [7, 11) is 0. The first-order valence-electron chi connectivity index (χ1n) is 24.3. The highest BCUT2D eigenvalue weighted by Crippen LogP contribution is 2.34. The van der Waals surface area contributed by atoms with Crippen LogP contribution in [0.25, 0.3) is 0 Å². The Morgan fingerprint density at radius 3 is 2.36 bits per heavy atom. The summed E-state index contributed by atoms with van der Waals surface area (Å²) in [5, 5.41) is 5.05. The number of fused-ring (bicyclic) bond motifs is 1. The number of anilines is 4. The van der Waals surface area contributed by atoms with Crippen molar-refractivity contribution in [3.63, 3.8) is 0 Å². The van der Waals surface area contributed by atoms with Crippen molar-refractivity contribution >= 4 is 52.7 Å². The van der Waals surface area contributed by atoms with E-state index in [9.17, 15) is 24.0 Å². The molecule has 1 aromatic heterocycles. The zero-order valence-electron chi connectivity index (χ0n) is 39.8. The molecule has 3 fully saturated rings. The molecule has 2 aromatic carbocycles. The fourth-order valence-corrected chi connectivity index (χ4v) is 10.1. The molecular formula is C51H71N9O6. The summed E-state index contributed by atoms with van der Waals surface area (Å²) in [5.41, 5.74) is 9.79. The van der Waals surface area contributed by atoms with Gasteiger partial charge in [-0.2, -0.15) is 4.98 Å². The topological polar surface area (TPSA) is 183 Å².